The van der Waals surface area contributed by atoms with E-state index in [1.807, 2.05) is 18.2 Å². The first kappa shape index (κ1) is 16.4. The van der Waals surface area contributed by atoms with Crippen LogP contribution < -0.4 is 11.1 Å². The molecule has 0 amide bonds. The molecule has 0 aliphatic carbocycles. The lowest BCUT2D eigenvalue weighted by molar-refractivity contribution is 1.02. The normalized spacial score (nSPS) is 10.4. The second-order valence-corrected chi connectivity index (χ2v) is 6.19. The van der Waals surface area contributed by atoms with E-state index in [-0.39, 0.29) is 0 Å². The molecule has 2 rings (SSSR count). The molecule has 110 valence electrons. The molecule has 0 aliphatic rings. The van der Waals surface area contributed by atoms with Crippen LogP contribution in [0.15, 0.2) is 36.4 Å². The topological polar surface area (TPSA) is 38.0 Å². The standard InChI is InChI=1S/C15H13Cl3N2S/c16-10-2-1-9(13(18)7-10)5-6-20-14-8-11(17)3-4-12(14)15(19)21/h1-4,7-8,20H,5-6H2,(H2,19,21). The van der Waals surface area contributed by atoms with Crippen molar-refractivity contribution in [1.82, 2.24) is 0 Å². The lowest BCUT2D eigenvalue weighted by Crippen LogP contribution is -2.14. The van der Waals surface area contributed by atoms with Gasteiger partial charge in [0.05, 0.1) is 0 Å². The summed E-state index contributed by atoms with van der Waals surface area (Å²) < 4.78 is 0. The van der Waals surface area contributed by atoms with Crippen LogP contribution in [-0.4, -0.2) is 11.5 Å². The number of anilines is 1. The number of nitrogens with one attached hydrogen (secondary N) is 1. The Kier molecular flexibility index (Phi) is 5.71. The molecule has 21 heavy (non-hydrogen) atoms. The number of halogens is 3. The Bertz CT molecular complexity index is 674. The molecule has 6 heteroatoms. The summed E-state index contributed by atoms with van der Waals surface area (Å²) in [6.45, 7) is 0.678. The third kappa shape index (κ3) is 4.48. The van der Waals surface area contributed by atoms with E-state index in [0.717, 1.165) is 23.2 Å². The van der Waals surface area contributed by atoms with Gasteiger partial charge >= 0.3 is 0 Å². The summed E-state index contributed by atoms with van der Waals surface area (Å²) in [5, 5.41) is 5.19. The molecule has 0 aromatic heterocycles. The fourth-order valence-corrected chi connectivity index (χ4v) is 2.79. The fourth-order valence-electron chi connectivity index (χ4n) is 1.93. The van der Waals surface area contributed by atoms with Crippen molar-refractivity contribution in [2.45, 2.75) is 6.42 Å². The Hall–Kier alpha value is -1.000. The van der Waals surface area contributed by atoms with Gasteiger partial charge in [0, 0.05) is 32.9 Å². The highest BCUT2D eigenvalue weighted by atomic mass is 35.5. The van der Waals surface area contributed by atoms with Gasteiger partial charge < -0.3 is 11.1 Å². The van der Waals surface area contributed by atoms with E-state index in [2.05, 4.69) is 5.32 Å². The zero-order chi connectivity index (χ0) is 15.4. The quantitative estimate of drug-likeness (QED) is 0.743. The summed E-state index contributed by atoms with van der Waals surface area (Å²) in [6, 6.07) is 10.8. The predicted molar refractivity (Wildman–Crippen MR) is 96.0 cm³/mol. The first-order valence-corrected chi connectivity index (χ1v) is 7.79. The SMILES string of the molecule is NC(=S)c1ccc(Cl)cc1NCCc1ccc(Cl)cc1Cl. The minimum Gasteiger partial charge on any atom is -0.389 e. The molecule has 0 spiro atoms. The number of hydrogen-bond donors (Lipinski definition) is 2. The summed E-state index contributed by atoms with van der Waals surface area (Å²) >= 11 is 23.1. The average molecular weight is 360 g/mol. The Morgan fingerprint density at radius 1 is 1.05 bits per heavy atom. The van der Waals surface area contributed by atoms with Crippen LogP contribution in [-0.2, 0) is 6.42 Å². The molecular weight excluding hydrogens is 347 g/mol. The number of hydrogen-bond acceptors (Lipinski definition) is 2. The van der Waals surface area contributed by atoms with Gasteiger partial charge in [-0.3, -0.25) is 0 Å². The summed E-state index contributed by atoms with van der Waals surface area (Å²) in [7, 11) is 0. The first-order chi connectivity index (χ1) is 9.97. The van der Waals surface area contributed by atoms with Crippen molar-refractivity contribution in [1.29, 1.82) is 0 Å². The highest BCUT2D eigenvalue weighted by Crippen LogP contribution is 2.23. The Labute approximate surface area is 144 Å². The monoisotopic (exact) mass is 358 g/mol. The minimum atomic E-state index is 0.332. The third-order valence-corrected chi connectivity index (χ3v) is 4.01. The highest BCUT2D eigenvalue weighted by molar-refractivity contribution is 7.80. The second kappa shape index (κ2) is 7.32. The van der Waals surface area contributed by atoms with Crippen LogP contribution in [0.3, 0.4) is 0 Å². The lowest BCUT2D eigenvalue weighted by Gasteiger charge is -2.12. The van der Waals surface area contributed by atoms with Crippen molar-refractivity contribution in [2.24, 2.45) is 5.73 Å². The van der Waals surface area contributed by atoms with E-state index in [0.29, 0.717) is 26.6 Å². The summed E-state index contributed by atoms with van der Waals surface area (Å²) in [6.07, 6.45) is 0.749. The van der Waals surface area contributed by atoms with E-state index in [9.17, 15) is 0 Å². The lowest BCUT2D eigenvalue weighted by atomic mass is 10.1. The third-order valence-electron chi connectivity index (χ3n) is 2.97. The maximum absolute atomic E-state index is 6.14. The van der Waals surface area contributed by atoms with E-state index in [1.54, 1.807) is 18.2 Å². The molecule has 2 nitrogen and oxygen atoms in total. The van der Waals surface area contributed by atoms with Gasteiger partial charge in [0.15, 0.2) is 0 Å². The molecule has 0 heterocycles. The summed E-state index contributed by atoms with van der Waals surface area (Å²) in [5.41, 5.74) is 8.32. The van der Waals surface area contributed by atoms with Crippen molar-refractivity contribution in [2.75, 3.05) is 11.9 Å². The van der Waals surface area contributed by atoms with Crippen molar-refractivity contribution < 1.29 is 0 Å². The van der Waals surface area contributed by atoms with E-state index >= 15 is 0 Å². The molecule has 0 fully saturated rings. The molecular formula is C15H13Cl3N2S. The van der Waals surface area contributed by atoms with Gasteiger partial charge in [-0.1, -0.05) is 53.1 Å². The zero-order valence-corrected chi connectivity index (χ0v) is 14.1. The van der Waals surface area contributed by atoms with Crippen LogP contribution in [0.2, 0.25) is 15.1 Å². The number of benzene rings is 2. The highest BCUT2D eigenvalue weighted by Gasteiger charge is 2.06. The first-order valence-electron chi connectivity index (χ1n) is 6.24. The van der Waals surface area contributed by atoms with Crippen LogP contribution in [0.1, 0.15) is 11.1 Å². The minimum absolute atomic E-state index is 0.332. The van der Waals surface area contributed by atoms with Crippen LogP contribution in [0.4, 0.5) is 5.69 Å². The van der Waals surface area contributed by atoms with Crippen molar-refractivity contribution in [3.05, 3.63) is 62.6 Å². The van der Waals surface area contributed by atoms with E-state index in [1.165, 1.54) is 0 Å². The number of rotatable bonds is 5. The predicted octanol–water partition coefficient (Wildman–Crippen LogP) is 4.94. The van der Waals surface area contributed by atoms with Crippen molar-refractivity contribution in [3.63, 3.8) is 0 Å². The number of thiocarbonyl (C=S) groups is 1. The van der Waals surface area contributed by atoms with Gasteiger partial charge in [0.1, 0.15) is 4.99 Å². The maximum Gasteiger partial charge on any atom is 0.106 e. The Morgan fingerprint density at radius 3 is 2.38 bits per heavy atom. The second-order valence-electron chi connectivity index (χ2n) is 4.47. The summed E-state index contributed by atoms with van der Waals surface area (Å²) in [4.78, 5) is 0.332. The van der Waals surface area contributed by atoms with E-state index in [4.69, 9.17) is 52.8 Å². The molecule has 0 aliphatic heterocycles. The smallest absolute Gasteiger partial charge is 0.106 e. The molecule has 0 atom stereocenters. The van der Waals surface area contributed by atoms with Gasteiger partial charge in [-0.05, 0) is 42.3 Å². The van der Waals surface area contributed by atoms with Crippen molar-refractivity contribution in [3.8, 4) is 0 Å². The molecule has 0 unspecified atom stereocenters. The Morgan fingerprint density at radius 2 is 1.71 bits per heavy atom. The zero-order valence-electron chi connectivity index (χ0n) is 11.0. The average Bonchev–Trinajstić information content (AvgIpc) is 2.41. The molecule has 0 bridgehead atoms. The van der Waals surface area contributed by atoms with Gasteiger partial charge in [-0.2, -0.15) is 0 Å². The maximum atomic E-state index is 6.14. The molecule has 0 radical (unpaired) electrons. The van der Waals surface area contributed by atoms with Gasteiger partial charge in [-0.15, -0.1) is 0 Å². The van der Waals surface area contributed by atoms with Crippen LogP contribution in [0.5, 0.6) is 0 Å². The van der Waals surface area contributed by atoms with Gasteiger partial charge in [-0.25, -0.2) is 0 Å². The molecule has 2 aromatic carbocycles. The number of nitrogens with two attached hydrogens (primary N) is 1. The Balaban J connectivity index is 2.06. The molecule has 2 aromatic rings. The van der Waals surface area contributed by atoms with Crippen LogP contribution >= 0.6 is 47.0 Å². The van der Waals surface area contributed by atoms with Gasteiger partial charge in [0.25, 0.3) is 0 Å². The summed E-state index contributed by atoms with van der Waals surface area (Å²) in [5.74, 6) is 0. The van der Waals surface area contributed by atoms with Crippen LogP contribution in [0, 0.1) is 0 Å². The fraction of sp³-hybridized carbons (Fsp3) is 0.133. The van der Waals surface area contributed by atoms with Crippen LogP contribution in [0.25, 0.3) is 0 Å². The molecule has 0 saturated heterocycles. The largest absolute Gasteiger partial charge is 0.389 e. The van der Waals surface area contributed by atoms with Gasteiger partial charge in [0.2, 0.25) is 0 Å². The van der Waals surface area contributed by atoms with Crippen molar-refractivity contribution >= 4 is 57.7 Å². The molecule has 3 N–H and O–H groups in total. The van der Waals surface area contributed by atoms with E-state index < -0.39 is 0 Å². The molecule has 0 saturated carbocycles.